The van der Waals surface area contributed by atoms with Gasteiger partial charge >= 0.3 is 0 Å². The Hall–Kier alpha value is -5.44. The molecule has 4 aliphatic rings. The predicted molar refractivity (Wildman–Crippen MR) is 256 cm³/mol. The van der Waals surface area contributed by atoms with Crippen molar-refractivity contribution in [1.29, 1.82) is 0 Å². The second-order valence-electron chi connectivity index (χ2n) is 17.8. The molecule has 0 aliphatic carbocycles. The van der Waals surface area contributed by atoms with Crippen molar-refractivity contribution in [1.82, 2.24) is 20.0 Å². The van der Waals surface area contributed by atoms with Crippen LogP contribution in [-0.2, 0) is 16.1 Å². The predicted octanol–water partition coefficient (Wildman–Crippen LogP) is 8.46. The van der Waals surface area contributed by atoms with Crippen LogP contribution in [0.5, 0.6) is 0 Å². The molecule has 0 spiro atoms. The van der Waals surface area contributed by atoms with Gasteiger partial charge in [-0.1, -0.05) is 123 Å². The number of aryl methyl sites for hydroxylation is 4. The molecule has 0 aromatic heterocycles. The molecule has 8 nitrogen and oxygen atoms in total. The van der Waals surface area contributed by atoms with Crippen LogP contribution in [0.1, 0.15) is 58.2 Å². The van der Waals surface area contributed by atoms with Crippen molar-refractivity contribution in [3.05, 3.63) is 166 Å². The van der Waals surface area contributed by atoms with Gasteiger partial charge in [-0.2, -0.15) is 0 Å². The largest absolute Gasteiger partial charge is 0.368 e. The first-order valence-electron chi connectivity index (χ1n) is 22.5. The molecule has 0 unspecified atom stereocenters. The van der Waals surface area contributed by atoms with Crippen molar-refractivity contribution < 1.29 is 9.59 Å². The zero-order chi connectivity index (χ0) is 42.3. The number of nitrogens with zero attached hydrogens (tertiary/aromatic N) is 5. The number of nitrogens with one attached hydrogen (secondary N) is 1. The third kappa shape index (κ3) is 10.4. The summed E-state index contributed by atoms with van der Waals surface area (Å²) in [6.45, 7) is 19.8. The first-order valence-corrected chi connectivity index (χ1v) is 22.5. The van der Waals surface area contributed by atoms with Crippen LogP contribution in [0.3, 0.4) is 0 Å². The van der Waals surface area contributed by atoms with Gasteiger partial charge in [-0.15, -0.1) is 0 Å². The molecule has 4 fully saturated rings. The highest BCUT2D eigenvalue weighted by Crippen LogP contribution is 2.36. The van der Waals surface area contributed by atoms with Crippen molar-refractivity contribution >= 4 is 23.2 Å². The summed E-state index contributed by atoms with van der Waals surface area (Å²) in [5.41, 5.74) is 11.7. The van der Waals surface area contributed by atoms with Gasteiger partial charge < -0.3 is 24.9 Å². The summed E-state index contributed by atoms with van der Waals surface area (Å²) in [4.78, 5) is 38.6. The Bertz CT molecular complexity index is 2220. The Kier molecular flexibility index (Phi) is 14.8. The molecule has 4 heterocycles. The van der Waals surface area contributed by atoms with E-state index in [-0.39, 0.29) is 31.1 Å². The number of amides is 2. The van der Waals surface area contributed by atoms with Gasteiger partial charge in [0.05, 0.1) is 11.8 Å². The maximum Gasteiger partial charge on any atom is 0.227 e. The van der Waals surface area contributed by atoms with E-state index in [4.69, 9.17) is 0 Å². The van der Waals surface area contributed by atoms with Gasteiger partial charge in [0, 0.05) is 108 Å². The minimum atomic E-state index is 0. The summed E-state index contributed by atoms with van der Waals surface area (Å²) in [7, 11) is 0. The van der Waals surface area contributed by atoms with E-state index in [0.29, 0.717) is 11.8 Å². The van der Waals surface area contributed by atoms with Gasteiger partial charge in [-0.25, -0.2) is 0 Å². The van der Waals surface area contributed by atoms with Crippen LogP contribution in [0.25, 0.3) is 0 Å². The van der Waals surface area contributed by atoms with Crippen LogP contribution in [0.15, 0.2) is 127 Å². The first-order chi connectivity index (χ1) is 29.7. The molecule has 62 heavy (non-hydrogen) atoms. The molecule has 5 aromatic rings. The average Bonchev–Trinajstić information content (AvgIpc) is 3.97. The molecular weight excluding hydrogens is 765 g/mol. The van der Waals surface area contributed by atoms with Crippen LogP contribution in [0, 0.1) is 39.5 Å². The van der Waals surface area contributed by atoms with E-state index >= 15 is 0 Å². The molecule has 4 aliphatic heterocycles. The number of likely N-dealkylation sites (tertiary alicyclic amines) is 1. The fraction of sp³-hybridized carbons (Fsp3) is 0.407. The summed E-state index contributed by atoms with van der Waals surface area (Å²) in [5, 5.41) is 3.43. The van der Waals surface area contributed by atoms with Crippen molar-refractivity contribution in [3.63, 3.8) is 0 Å². The Balaban J connectivity index is 0.000000188. The van der Waals surface area contributed by atoms with Gasteiger partial charge in [0.2, 0.25) is 11.8 Å². The summed E-state index contributed by atoms with van der Waals surface area (Å²) in [6, 6.07) is 45.0. The number of rotatable bonds is 8. The topological polar surface area (TPSA) is 62.4 Å². The molecule has 0 radical (unpaired) electrons. The second-order valence-corrected chi connectivity index (χ2v) is 17.8. The maximum atomic E-state index is 13.8. The molecule has 0 saturated carbocycles. The molecular formula is C54H68N6O2. The molecule has 1 N–H and O–H groups in total. The van der Waals surface area contributed by atoms with Crippen LogP contribution < -0.4 is 15.1 Å². The number of hydrogen-bond acceptors (Lipinski definition) is 6. The van der Waals surface area contributed by atoms with E-state index in [0.717, 1.165) is 85.1 Å². The lowest BCUT2D eigenvalue weighted by molar-refractivity contribution is -0.136. The van der Waals surface area contributed by atoms with Crippen LogP contribution in [-0.4, -0.2) is 105 Å². The zero-order valence-electron chi connectivity index (χ0n) is 36.7. The summed E-state index contributed by atoms with van der Waals surface area (Å²) >= 11 is 0. The quantitative estimate of drug-likeness (QED) is 0.170. The smallest absolute Gasteiger partial charge is 0.227 e. The minimum Gasteiger partial charge on any atom is -0.368 e. The number of benzene rings is 5. The summed E-state index contributed by atoms with van der Waals surface area (Å²) in [5.74, 6) is 1.24. The molecule has 326 valence electrons. The van der Waals surface area contributed by atoms with E-state index < -0.39 is 0 Å². The second kappa shape index (κ2) is 20.6. The number of anilines is 2. The average molecular weight is 833 g/mol. The zero-order valence-corrected chi connectivity index (χ0v) is 36.7. The molecule has 4 atom stereocenters. The van der Waals surface area contributed by atoms with Crippen molar-refractivity contribution in [2.45, 2.75) is 53.5 Å². The van der Waals surface area contributed by atoms with E-state index in [1.165, 1.54) is 50.3 Å². The molecule has 8 heteroatoms. The van der Waals surface area contributed by atoms with E-state index in [1.807, 2.05) is 6.07 Å². The molecule has 4 saturated heterocycles. The molecule has 5 aromatic carbocycles. The summed E-state index contributed by atoms with van der Waals surface area (Å²) in [6.07, 6.45) is 0. The summed E-state index contributed by atoms with van der Waals surface area (Å²) < 4.78 is 0. The van der Waals surface area contributed by atoms with Crippen molar-refractivity contribution in [2.75, 3.05) is 88.3 Å². The number of hydrogen-bond donors (Lipinski definition) is 1. The van der Waals surface area contributed by atoms with Crippen LogP contribution >= 0.6 is 0 Å². The lowest BCUT2D eigenvalue weighted by Crippen LogP contribution is -2.51. The van der Waals surface area contributed by atoms with Gasteiger partial charge in [0.15, 0.2) is 0 Å². The standard InChI is InChI=1S/C30H35N3O.C23H29N3O.CH4/c1-23-13-14-24(2)29(19-23)32-15-17-33(18-16-32)30(34)28-22-31(20-25-9-5-3-6-10-25)21-27(28)26-11-7-4-8-12-26;1-17-8-9-18(2)22(14-17)25-10-12-26(13-11-25)23(27)21-16-24-15-20(21)19-6-4-3-5-7-19;/h3-14,19,27-28H,15-18,20-22H2,1-2H3;3-9,14,20-21,24H,10-13,15-16H2,1-2H3;1H4/t27-,28-;20-,21-;/m00./s1. The molecule has 0 bridgehead atoms. The lowest BCUT2D eigenvalue weighted by atomic mass is 9.88. The van der Waals surface area contributed by atoms with Gasteiger partial charge in [-0.3, -0.25) is 14.5 Å². The van der Waals surface area contributed by atoms with E-state index in [9.17, 15) is 9.59 Å². The maximum absolute atomic E-state index is 13.8. The minimum absolute atomic E-state index is 0. The monoisotopic (exact) mass is 833 g/mol. The number of carbonyl (C=O) groups excluding carboxylic acids is 2. The van der Waals surface area contributed by atoms with Crippen molar-refractivity contribution in [2.24, 2.45) is 11.8 Å². The third-order valence-electron chi connectivity index (χ3n) is 13.5. The first kappa shape index (κ1) is 44.6. The van der Waals surface area contributed by atoms with Crippen molar-refractivity contribution in [3.8, 4) is 0 Å². The van der Waals surface area contributed by atoms with Crippen LogP contribution in [0.2, 0.25) is 0 Å². The third-order valence-corrected chi connectivity index (χ3v) is 13.5. The van der Waals surface area contributed by atoms with Gasteiger partial charge in [-0.05, 0) is 78.8 Å². The normalized spacial score (nSPS) is 21.5. The van der Waals surface area contributed by atoms with Gasteiger partial charge in [0.1, 0.15) is 0 Å². The lowest BCUT2D eigenvalue weighted by Gasteiger charge is -2.38. The Morgan fingerprint density at radius 2 is 0.968 bits per heavy atom. The Morgan fingerprint density at radius 3 is 1.47 bits per heavy atom. The molecule has 9 rings (SSSR count). The highest BCUT2D eigenvalue weighted by molar-refractivity contribution is 5.82. The number of carbonyl (C=O) groups is 2. The fourth-order valence-corrected chi connectivity index (χ4v) is 10.1. The van der Waals surface area contributed by atoms with Crippen LogP contribution in [0.4, 0.5) is 11.4 Å². The highest BCUT2D eigenvalue weighted by Gasteiger charge is 2.41. The molecule has 2 amide bonds. The SMILES string of the molecule is C.Cc1ccc(C)c(N2CCN(C(=O)[C@H]3CN(Cc4ccccc4)C[C@H]3c3ccccc3)CC2)c1.Cc1ccc(C)c(N2CCN(C(=O)[C@H]3CNC[C@H]3c3ccccc3)CC2)c1. The van der Waals surface area contributed by atoms with Gasteiger partial charge in [0.25, 0.3) is 0 Å². The van der Waals surface area contributed by atoms with E-state index in [2.05, 4.69) is 179 Å². The fourth-order valence-electron chi connectivity index (χ4n) is 10.1. The Morgan fingerprint density at radius 1 is 0.516 bits per heavy atom. The van der Waals surface area contributed by atoms with E-state index in [1.54, 1.807) is 0 Å². The Labute approximate surface area is 371 Å². The highest BCUT2D eigenvalue weighted by atomic mass is 16.2. The number of piperazine rings is 2.